The van der Waals surface area contributed by atoms with Crippen molar-refractivity contribution < 1.29 is 19.0 Å². The number of nitrogens with one attached hydrogen (secondary N) is 1. The SMILES string of the molecule is COc1ccc(CNCCc2ccc(F)cc2)cc1OCC(O)CN1CCCCC1. The van der Waals surface area contributed by atoms with Crippen LogP contribution < -0.4 is 14.8 Å². The molecule has 0 bridgehead atoms. The van der Waals surface area contributed by atoms with E-state index in [0.717, 1.165) is 37.2 Å². The second-order valence-electron chi connectivity index (χ2n) is 7.86. The molecule has 6 heteroatoms. The maximum atomic E-state index is 13.0. The summed E-state index contributed by atoms with van der Waals surface area (Å²) in [7, 11) is 1.62. The number of likely N-dealkylation sites (tertiary alicyclic amines) is 1. The fraction of sp³-hybridized carbons (Fsp3) is 0.500. The summed E-state index contributed by atoms with van der Waals surface area (Å²) in [6.07, 6.45) is 4.01. The van der Waals surface area contributed by atoms with Gasteiger partial charge in [-0.25, -0.2) is 4.39 Å². The number of β-amino-alcohol motifs (C(OH)–C–C–N with tert-alkyl or cyclic N) is 1. The van der Waals surface area contributed by atoms with E-state index < -0.39 is 6.10 Å². The van der Waals surface area contributed by atoms with Gasteiger partial charge in [-0.2, -0.15) is 0 Å². The van der Waals surface area contributed by atoms with Crippen LogP contribution in [0, 0.1) is 5.82 Å². The Morgan fingerprint density at radius 2 is 1.77 bits per heavy atom. The van der Waals surface area contributed by atoms with Crippen LogP contribution in [0.2, 0.25) is 0 Å². The number of ether oxygens (including phenoxy) is 2. The molecule has 1 heterocycles. The van der Waals surface area contributed by atoms with Crippen LogP contribution in [0.15, 0.2) is 42.5 Å². The van der Waals surface area contributed by atoms with Crippen LogP contribution in [-0.4, -0.2) is 56.0 Å². The molecule has 0 aliphatic carbocycles. The van der Waals surface area contributed by atoms with Gasteiger partial charge in [0.15, 0.2) is 11.5 Å². The van der Waals surface area contributed by atoms with Crippen molar-refractivity contribution in [1.82, 2.24) is 10.2 Å². The lowest BCUT2D eigenvalue weighted by atomic mass is 10.1. The van der Waals surface area contributed by atoms with Crippen LogP contribution in [0.3, 0.4) is 0 Å². The first-order chi connectivity index (χ1) is 14.6. The number of hydrogen-bond donors (Lipinski definition) is 2. The summed E-state index contributed by atoms with van der Waals surface area (Å²) in [6, 6.07) is 12.4. The van der Waals surface area contributed by atoms with E-state index >= 15 is 0 Å². The van der Waals surface area contributed by atoms with Crippen molar-refractivity contribution in [2.24, 2.45) is 0 Å². The highest BCUT2D eigenvalue weighted by atomic mass is 19.1. The molecule has 2 aromatic rings. The third kappa shape index (κ3) is 7.27. The minimum absolute atomic E-state index is 0.210. The zero-order chi connectivity index (χ0) is 21.2. The molecular formula is C24H33FN2O3. The van der Waals surface area contributed by atoms with Crippen LogP contribution in [0.25, 0.3) is 0 Å². The number of halogens is 1. The topological polar surface area (TPSA) is 54.0 Å². The molecule has 0 spiro atoms. The predicted octanol–water partition coefficient (Wildman–Crippen LogP) is 3.39. The highest BCUT2D eigenvalue weighted by molar-refractivity contribution is 5.43. The number of aliphatic hydroxyl groups is 1. The standard InChI is InChI=1S/C24H33FN2O3/c1-29-23-10-7-20(16-26-12-11-19-5-8-21(25)9-6-19)15-24(23)30-18-22(28)17-27-13-3-2-4-14-27/h5-10,15,22,26,28H,2-4,11-14,16-18H2,1H3. The molecule has 2 aromatic carbocycles. The second kappa shape index (κ2) is 11.9. The molecule has 30 heavy (non-hydrogen) atoms. The molecule has 5 nitrogen and oxygen atoms in total. The number of rotatable bonds is 11. The minimum Gasteiger partial charge on any atom is -0.493 e. The van der Waals surface area contributed by atoms with Gasteiger partial charge in [-0.05, 0) is 74.3 Å². The smallest absolute Gasteiger partial charge is 0.161 e. The van der Waals surface area contributed by atoms with E-state index in [2.05, 4.69) is 10.2 Å². The van der Waals surface area contributed by atoms with Crippen LogP contribution >= 0.6 is 0 Å². The number of nitrogens with zero attached hydrogens (tertiary/aromatic N) is 1. The lowest BCUT2D eigenvalue weighted by molar-refractivity contribution is 0.0608. The van der Waals surface area contributed by atoms with E-state index in [0.29, 0.717) is 24.6 Å². The van der Waals surface area contributed by atoms with Crippen LogP contribution in [0.1, 0.15) is 30.4 Å². The van der Waals surface area contributed by atoms with Gasteiger partial charge in [0.05, 0.1) is 7.11 Å². The maximum Gasteiger partial charge on any atom is 0.161 e. The van der Waals surface area contributed by atoms with Gasteiger partial charge in [0.2, 0.25) is 0 Å². The molecule has 1 fully saturated rings. The summed E-state index contributed by atoms with van der Waals surface area (Å²) < 4.78 is 24.3. The average molecular weight is 417 g/mol. The van der Waals surface area contributed by atoms with Gasteiger partial charge in [0.25, 0.3) is 0 Å². The lowest BCUT2D eigenvalue weighted by Gasteiger charge is -2.28. The predicted molar refractivity (Wildman–Crippen MR) is 117 cm³/mol. The fourth-order valence-electron chi connectivity index (χ4n) is 3.74. The van der Waals surface area contributed by atoms with Crippen LogP contribution in [0.4, 0.5) is 4.39 Å². The molecule has 0 amide bonds. The number of benzene rings is 2. The highest BCUT2D eigenvalue weighted by Crippen LogP contribution is 2.28. The van der Waals surface area contributed by atoms with Crippen molar-refractivity contribution in [1.29, 1.82) is 0 Å². The largest absolute Gasteiger partial charge is 0.493 e. The number of methoxy groups -OCH3 is 1. The molecule has 1 aliphatic heterocycles. The molecule has 0 aromatic heterocycles. The average Bonchev–Trinajstić information content (AvgIpc) is 2.77. The van der Waals surface area contributed by atoms with Gasteiger partial charge in [-0.3, -0.25) is 0 Å². The molecule has 3 rings (SSSR count). The Bertz CT molecular complexity index is 764. The first kappa shape index (κ1) is 22.5. The van der Waals surface area contributed by atoms with Crippen molar-refractivity contribution in [2.75, 3.05) is 39.9 Å². The lowest BCUT2D eigenvalue weighted by Crippen LogP contribution is -2.38. The Morgan fingerprint density at radius 3 is 2.50 bits per heavy atom. The van der Waals surface area contributed by atoms with Gasteiger partial charge in [0.1, 0.15) is 18.5 Å². The first-order valence-electron chi connectivity index (χ1n) is 10.8. The van der Waals surface area contributed by atoms with E-state index in [1.54, 1.807) is 7.11 Å². The van der Waals surface area contributed by atoms with Crippen molar-refractivity contribution in [3.63, 3.8) is 0 Å². The Labute approximate surface area is 178 Å². The summed E-state index contributed by atoms with van der Waals surface area (Å²) in [5.41, 5.74) is 2.18. The summed E-state index contributed by atoms with van der Waals surface area (Å²) in [4.78, 5) is 2.30. The van der Waals surface area contributed by atoms with Crippen LogP contribution in [0.5, 0.6) is 11.5 Å². The number of hydrogen-bond acceptors (Lipinski definition) is 5. The van der Waals surface area contributed by atoms with Gasteiger partial charge >= 0.3 is 0 Å². The highest BCUT2D eigenvalue weighted by Gasteiger charge is 2.16. The van der Waals surface area contributed by atoms with Crippen molar-refractivity contribution in [3.8, 4) is 11.5 Å². The molecule has 2 N–H and O–H groups in total. The normalized spacial score (nSPS) is 15.7. The molecule has 1 unspecified atom stereocenters. The summed E-state index contributed by atoms with van der Waals surface area (Å²) >= 11 is 0. The zero-order valence-corrected chi connectivity index (χ0v) is 17.8. The van der Waals surface area contributed by atoms with E-state index in [1.165, 1.54) is 31.4 Å². The molecule has 0 saturated carbocycles. The van der Waals surface area contributed by atoms with Gasteiger partial charge < -0.3 is 24.8 Å². The molecule has 1 atom stereocenters. The first-order valence-corrected chi connectivity index (χ1v) is 10.8. The second-order valence-corrected chi connectivity index (χ2v) is 7.86. The van der Waals surface area contributed by atoms with Crippen molar-refractivity contribution >= 4 is 0 Å². The monoisotopic (exact) mass is 416 g/mol. The number of piperidine rings is 1. The third-order valence-corrected chi connectivity index (χ3v) is 5.41. The van der Waals surface area contributed by atoms with E-state index in [1.807, 2.05) is 30.3 Å². The summed E-state index contributed by atoms with van der Waals surface area (Å²) in [6.45, 7) is 4.49. The number of aliphatic hydroxyl groups excluding tert-OH is 1. The Balaban J connectivity index is 1.45. The van der Waals surface area contributed by atoms with Crippen LogP contribution in [-0.2, 0) is 13.0 Å². The van der Waals surface area contributed by atoms with E-state index in [9.17, 15) is 9.50 Å². The Morgan fingerprint density at radius 1 is 1.03 bits per heavy atom. The Kier molecular flexibility index (Phi) is 8.93. The molecule has 164 valence electrons. The molecule has 1 aliphatic rings. The molecular weight excluding hydrogens is 383 g/mol. The zero-order valence-electron chi connectivity index (χ0n) is 17.8. The summed E-state index contributed by atoms with van der Waals surface area (Å²) in [5, 5.41) is 13.8. The van der Waals surface area contributed by atoms with Crippen molar-refractivity contribution in [3.05, 3.63) is 59.4 Å². The molecule has 1 saturated heterocycles. The third-order valence-electron chi connectivity index (χ3n) is 5.41. The minimum atomic E-state index is -0.523. The maximum absolute atomic E-state index is 13.0. The Hall–Kier alpha value is -2.15. The van der Waals surface area contributed by atoms with Crippen molar-refractivity contribution in [2.45, 2.75) is 38.3 Å². The quantitative estimate of drug-likeness (QED) is 0.550. The molecule has 0 radical (unpaired) electrons. The van der Waals surface area contributed by atoms with E-state index in [4.69, 9.17) is 9.47 Å². The summed E-state index contributed by atoms with van der Waals surface area (Å²) in [5.74, 6) is 1.10. The fourth-order valence-corrected chi connectivity index (χ4v) is 3.74. The van der Waals surface area contributed by atoms with Gasteiger partial charge in [-0.1, -0.05) is 24.6 Å². The van der Waals surface area contributed by atoms with E-state index in [-0.39, 0.29) is 12.4 Å². The van der Waals surface area contributed by atoms with Gasteiger partial charge in [-0.15, -0.1) is 0 Å². The van der Waals surface area contributed by atoms with Gasteiger partial charge in [0, 0.05) is 13.1 Å².